The Labute approximate surface area is 103 Å². The first kappa shape index (κ1) is 15.9. The highest BCUT2D eigenvalue weighted by atomic mass is 15.2. The molecule has 0 aliphatic rings. The number of rotatable bonds is 5. The van der Waals surface area contributed by atoms with Crippen LogP contribution in [0.5, 0.6) is 0 Å². The fourth-order valence-corrected chi connectivity index (χ4v) is 2.04. The molecule has 0 rings (SSSR count). The van der Waals surface area contributed by atoms with Crippen LogP contribution in [-0.4, -0.2) is 49.1 Å². The lowest BCUT2D eigenvalue weighted by Crippen LogP contribution is -2.54. The fraction of sp³-hybridized carbons (Fsp3) is 1.00. The molecule has 0 spiro atoms. The highest BCUT2D eigenvalue weighted by Crippen LogP contribution is 2.36. The molecule has 2 nitrogen and oxygen atoms in total. The van der Waals surface area contributed by atoms with Gasteiger partial charge in [-0.2, -0.15) is 0 Å². The molecular weight excluding hydrogens is 196 g/mol. The van der Waals surface area contributed by atoms with Gasteiger partial charge in [-0.25, -0.2) is 0 Å². The van der Waals surface area contributed by atoms with E-state index >= 15 is 0 Å². The number of nitrogens with zero attached hydrogens (tertiary/aromatic N) is 2. The molecule has 2 atom stereocenters. The molecule has 0 aliphatic heterocycles. The average Bonchev–Trinajstić information content (AvgIpc) is 2.14. The average molecular weight is 228 g/mol. The Balaban J connectivity index is 4.94. The van der Waals surface area contributed by atoms with E-state index < -0.39 is 0 Å². The molecule has 2 heteroatoms. The highest BCUT2D eigenvalue weighted by molar-refractivity contribution is 4.94. The second-order valence-corrected chi connectivity index (χ2v) is 6.67. The van der Waals surface area contributed by atoms with Gasteiger partial charge in [0.05, 0.1) is 0 Å². The lowest BCUT2D eigenvalue weighted by Gasteiger charge is -2.48. The quantitative estimate of drug-likeness (QED) is 0.714. The zero-order valence-corrected chi connectivity index (χ0v) is 13.0. The van der Waals surface area contributed by atoms with Crippen LogP contribution in [0.3, 0.4) is 0 Å². The summed E-state index contributed by atoms with van der Waals surface area (Å²) in [4.78, 5) is 4.67. The van der Waals surface area contributed by atoms with Crippen LogP contribution in [0, 0.1) is 11.8 Å². The zero-order chi connectivity index (χ0) is 13.3. The predicted molar refractivity (Wildman–Crippen MR) is 73.9 cm³/mol. The molecule has 0 aromatic carbocycles. The van der Waals surface area contributed by atoms with Crippen LogP contribution in [0.1, 0.15) is 41.5 Å². The SMILES string of the molecule is CC([C@H](C)C(C)(C)N(C)C)C(C)(C)N(C)C. The zero-order valence-electron chi connectivity index (χ0n) is 13.0. The Hall–Kier alpha value is -0.0800. The van der Waals surface area contributed by atoms with Crippen LogP contribution in [0.4, 0.5) is 0 Å². The second kappa shape index (κ2) is 5.05. The second-order valence-electron chi connectivity index (χ2n) is 6.67. The summed E-state index contributed by atoms with van der Waals surface area (Å²) in [6.45, 7) is 14.1. The van der Waals surface area contributed by atoms with Crippen molar-refractivity contribution in [1.29, 1.82) is 0 Å². The summed E-state index contributed by atoms with van der Waals surface area (Å²) in [6, 6.07) is 0. The summed E-state index contributed by atoms with van der Waals surface area (Å²) < 4.78 is 0. The van der Waals surface area contributed by atoms with E-state index in [1.54, 1.807) is 0 Å². The molecule has 1 unspecified atom stereocenters. The molecule has 0 fully saturated rings. The molecule has 0 N–H and O–H groups in total. The van der Waals surface area contributed by atoms with E-state index in [0.29, 0.717) is 11.8 Å². The van der Waals surface area contributed by atoms with Crippen LogP contribution in [-0.2, 0) is 0 Å². The third kappa shape index (κ3) is 2.98. The monoisotopic (exact) mass is 228 g/mol. The smallest absolute Gasteiger partial charge is 0.0175 e. The summed E-state index contributed by atoms with van der Waals surface area (Å²) in [7, 11) is 8.69. The van der Waals surface area contributed by atoms with Gasteiger partial charge >= 0.3 is 0 Å². The first-order valence-electron chi connectivity index (χ1n) is 6.30. The van der Waals surface area contributed by atoms with E-state index in [2.05, 4.69) is 79.5 Å². The van der Waals surface area contributed by atoms with Gasteiger partial charge < -0.3 is 9.80 Å². The minimum atomic E-state index is 0.229. The minimum Gasteiger partial charge on any atom is -0.304 e. The molecular formula is C14H32N2. The summed E-state index contributed by atoms with van der Waals surface area (Å²) in [5.74, 6) is 1.28. The van der Waals surface area contributed by atoms with Gasteiger partial charge in [-0.15, -0.1) is 0 Å². The van der Waals surface area contributed by atoms with E-state index in [9.17, 15) is 0 Å². The molecule has 0 bridgehead atoms. The van der Waals surface area contributed by atoms with Crippen LogP contribution in [0.15, 0.2) is 0 Å². The van der Waals surface area contributed by atoms with E-state index in [-0.39, 0.29) is 11.1 Å². The van der Waals surface area contributed by atoms with Gasteiger partial charge in [0.2, 0.25) is 0 Å². The molecule has 0 aromatic heterocycles. The van der Waals surface area contributed by atoms with Crippen molar-refractivity contribution >= 4 is 0 Å². The first-order chi connectivity index (χ1) is 6.95. The molecule has 16 heavy (non-hydrogen) atoms. The molecule has 0 saturated carbocycles. The number of hydrogen-bond acceptors (Lipinski definition) is 2. The van der Waals surface area contributed by atoms with Crippen LogP contribution < -0.4 is 0 Å². The van der Waals surface area contributed by atoms with Gasteiger partial charge in [0.1, 0.15) is 0 Å². The summed E-state index contributed by atoms with van der Waals surface area (Å²) >= 11 is 0. The summed E-state index contributed by atoms with van der Waals surface area (Å²) in [5.41, 5.74) is 0.458. The Kier molecular flexibility index (Phi) is 5.03. The topological polar surface area (TPSA) is 6.48 Å². The van der Waals surface area contributed by atoms with Gasteiger partial charge in [0.25, 0.3) is 0 Å². The lowest BCUT2D eigenvalue weighted by atomic mass is 9.71. The molecule has 0 heterocycles. The van der Waals surface area contributed by atoms with Crippen molar-refractivity contribution in [1.82, 2.24) is 9.80 Å². The lowest BCUT2D eigenvalue weighted by molar-refractivity contribution is 0.0202. The van der Waals surface area contributed by atoms with Crippen LogP contribution in [0.25, 0.3) is 0 Å². The van der Waals surface area contributed by atoms with Crippen LogP contribution in [0.2, 0.25) is 0 Å². The first-order valence-corrected chi connectivity index (χ1v) is 6.30. The largest absolute Gasteiger partial charge is 0.304 e. The molecule has 0 aliphatic carbocycles. The Bertz CT molecular complexity index is 193. The van der Waals surface area contributed by atoms with Gasteiger partial charge in [-0.05, 0) is 67.7 Å². The Morgan fingerprint density at radius 2 is 0.812 bits per heavy atom. The van der Waals surface area contributed by atoms with E-state index in [1.807, 2.05) is 0 Å². The summed E-state index contributed by atoms with van der Waals surface area (Å²) in [5, 5.41) is 0. The van der Waals surface area contributed by atoms with Crippen molar-refractivity contribution in [3.63, 3.8) is 0 Å². The standard InChI is InChI=1S/C14H32N2/c1-11(13(3,4)15(7)8)12(2)14(5,6)16(9)10/h11-12H,1-10H3/t11-,12?/m0/s1. The predicted octanol–water partition coefficient (Wildman–Crippen LogP) is 2.94. The molecule has 0 amide bonds. The maximum atomic E-state index is 2.37. The Morgan fingerprint density at radius 3 is 0.938 bits per heavy atom. The highest BCUT2D eigenvalue weighted by Gasteiger charge is 2.39. The maximum Gasteiger partial charge on any atom is 0.0175 e. The van der Waals surface area contributed by atoms with Crippen molar-refractivity contribution in [2.24, 2.45) is 11.8 Å². The van der Waals surface area contributed by atoms with E-state index in [4.69, 9.17) is 0 Å². The maximum absolute atomic E-state index is 2.37. The minimum absolute atomic E-state index is 0.229. The van der Waals surface area contributed by atoms with Crippen LogP contribution >= 0.6 is 0 Å². The normalized spacial score (nSPS) is 18.0. The van der Waals surface area contributed by atoms with Gasteiger partial charge in [-0.1, -0.05) is 13.8 Å². The van der Waals surface area contributed by atoms with Crippen molar-refractivity contribution in [3.05, 3.63) is 0 Å². The van der Waals surface area contributed by atoms with E-state index in [1.165, 1.54) is 0 Å². The van der Waals surface area contributed by atoms with Gasteiger partial charge in [0.15, 0.2) is 0 Å². The van der Waals surface area contributed by atoms with Crippen molar-refractivity contribution in [3.8, 4) is 0 Å². The van der Waals surface area contributed by atoms with Crippen molar-refractivity contribution < 1.29 is 0 Å². The van der Waals surface area contributed by atoms with Gasteiger partial charge in [-0.3, -0.25) is 0 Å². The van der Waals surface area contributed by atoms with Crippen molar-refractivity contribution in [2.75, 3.05) is 28.2 Å². The Morgan fingerprint density at radius 1 is 0.625 bits per heavy atom. The molecule has 0 aromatic rings. The molecule has 98 valence electrons. The van der Waals surface area contributed by atoms with E-state index in [0.717, 1.165) is 0 Å². The number of hydrogen-bond donors (Lipinski definition) is 0. The molecule has 0 radical (unpaired) electrons. The third-order valence-electron chi connectivity index (χ3n) is 5.28. The third-order valence-corrected chi connectivity index (χ3v) is 5.28. The van der Waals surface area contributed by atoms with Gasteiger partial charge in [0, 0.05) is 11.1 Å². The fourth-order valence-electron chi connectivity index (χ4n) is 2.04. The summed E-state index contributed by atoms with van der Waals surface area (Å²) in [6.07, 6.45) is 0. The van der Waals surface area contributed by atoms with Crippen molar-refractivity contribution in [2.45, 2.75) is 52.6 Å². The molecule has 0 saturated heterocycles.